The average Bonchev–Trinajstić information content (AvgIpc) is 3.04. The Kier molecular flexibility index (Phi) is 6.24. The minimum atomic E-state index is -0.404. The number of nitrogens with zero attached hydrogens (tertiary/aromatic N) is 3. The van der Waals surface area contributed by atoms with E-state index in [1.54, 1.807) is 40.0 Å². The standard InChI is InChI=1S/C20H25ClN4O3/c1-3-25-12-17(13(2)23-25)20(27)24-9-8-18(14(11-24)10-19(22)26)28-16-6-4-15(21)5-7-16/h4-7,12,14,18H,3,8-11H2,1-2H3,(H2,22,26)/t14-,18-/m0/s1. The molecular formula is C20H25ClN4O3. The SMILES string of the molecule is CCn1cc(C(=O)N2CC[C@H](Oc3ccc(Cl)cc3)[C@@H](CC(N)=O)C2)c(C)n1. The molecular weight excluding hydrogens is 380 g/mol. The number of likely N-dealkylation sites (tertiary alicyclic amines) is 1. The number of hydrogen-bond donors (Lipinski definition) is 1. The molecule has 1 aliphatic heterocycles. The summed E-state index contributed by atoms with van der Waals surface area (Å²) in [7, 11) is 0. The number of halogens is 1. The molecule has 0 saturated carbocycles. The summed E-state index contributed by atoms with van der Waals surface area (Å²) in [5.41, 5.74) is 6.75. The molecule has 1 aromatic heterocycles. The highest BCUT2D eigenvalue weighted by atomic mass is 35.5. The van der Waals surface area contributed by atoms with E-state index in [1.165, 1.54) is 0 Å². The lowest BCUT2D eigenvalue weighted by atomic mass is 9.90. The molecule has 2 amide bonds. The first-order chi connectivity index (χ1) is 13.4. The topological polar surface area (TPSA) is 90.5 Å². The second kappa shape index (κ2) is 8.65. The second-order valence-electron chi connectivity index (χ2n) is 7.06. The zero-order chi connectivity index (χ0) is 20.3. The smallest absolute Gasteiger partial charge is 0.257 e. The first kappa shape index (κ1) is 20.2. The molecule has 2 N–H and O–H groups in total. The van der Waals surface area contributed by atoms with Gasteiger partial charge in [-0.2, -0.15) is 5.10 Å². The molecule has 0 unspecified atom stereocenters. The molecule has 1 saturated heterocycles. The summed E-state index contributed by atoms with van der Waals surface area (Å²) in [5.74, 6) is 0.0340. The minimum Gasteiger partial charge on any atom is -0.490 e. The van der Waals surface area contributed by atoms with Gasteiger partial charge in [-0.1, -0.05) is 11.6 Å². The number of rotatable bonds is 6. The summed E-state index contributed by atoms with van der Waals surface area (Å²) in [6.07, 6.45) is 2.36. The molecule has 0 aliphatic carbocycles. The van der Waals surface area contributed by atoms with Crippen molar-refractivity contribution in [2.24, 2.45) is 11.7 Å². The van der Waals surface area contributed by atoms with E-state index in [1.807, 2.05) is 13.8 Å². The van der Waals surface area contributed by atoms with E-state index in [0.717, 1.165) is 0 Å². The molecule has 2 heterocycles. The van der Waals surface area contributed by atoms with Gasteiger partial charge >= 0.3 is 0 Å². The Labute approximate surface area is 169 Å². The maximum Gasteiger partial charge on any atom is 0.257 e. The van der Waals surface area contributed by atoms with E-state index >= 15 is 0 Å². The highest BCUT2D eigenvalue weighted by molar-refractivity contribution is 6.30. The number of primary amides is 1. The summed E-state index contributed by atoms with van der Waals surface area (Å²) in [6.45, 7) is 5.47. The quantitative estimate of drug-likeness (QED) is 0.801. The average molecular weight is 405 g/mol. The molecule has 0 spiro atoms. The van der Waals surface area contributed by atoms with Crippen molar-refractivity contribution in [2.75, 3.05) is 13.1 Å². The summed E-state index contributed by atoms with van der Waals surface area (Å²) in [6, 6.07) is 7.10. The fourth-order valence-corrected chi connectivity index (χ4v) is 3.68. The molecule has 7 nitrogen and oxygen atoms in total. The van der Waals surface area contributed by atoms with Crippen LogP contribution in [0, 0.1) is 12.8 Å². The molecule has 2 atom stereocenters. The lowest BCUT2D eigenvalue weighted by Crippen LogP contribution is -2.49. The Bertz CT molecular complexity index is 850. The summed E-state index contributed by atoms with van der Waals surface area (Å²) in [5, 5.41) is 4.98. The van der Waals surface area contributed by atoms with Gasteiger partial charge in [0, 0.05) is 49.6 Å². The lowest BCUT2D eigenvalue weighted by Gasteiger charge is -2.38. The van der Waals surface area contributed by atoms with Crippen LogP contribution in [-0.2, 0) is 11.3 Å². The van der Waals surface area contributed by atoms with Crippen molar-refractivity contribution in [1.82, 2.24) is 14.7 Å². The molecule has 1 aliphatic rings. The summed E-state index contributed by atoms with van der Waals surface area (Å²) < 4.78 is 7.83. The molecule has 2 aromatic rings. The lowest BCUT2D eigenvalue weighted by molar-refractivity contribution is -0.120. The van der Waals surface area contributed by atoms with Gasteiger partial charge in [0.15, 0.2) is 0 Å². The number of carbonyl (C=O) groups is 2. The van der Waals surface area contributed by atoms with Crippen LogP contribution in [0.3, 0.4) is 0 Å². The largest absolute Gasteiger partial charge is 0.490 e. The van der Waals surface area contributed by atoms with Crippen LogP contribution < -0.4 is 10.5 Å². The van der Waals surface area contributed by atoms with Gasteiger partial charge in [0.1, 0.15) is 11.9 Å². The Morgan fingerprint density at radius 2 is 2.04 bits per heavy atom. The zero-order valence-corrected chi connectivity index (χ0v) is 16.9. The van der Waals surface area contributed by atoms with Crippen LogP contribution in [0.2, 0.25) is 5.02 Å². The number of carbonyl (C=O) groups excluding carboxylic acids is 2. The molecule has 3 rings (SSSR count). The van der Waals surface area contributed by atoms with Crippen molar-refractivity contribution in [3.63, 3.8) is 0 Å². The third kappa shape index (κ3) is 4.65. The Hall–Kier alpha value is -2.54. The Balaban J connectivity index is 1.73. The van der Waals surface area contributed by atoms with E-state index in [4.69, 9.17) is 22.1 Å². The zero-order valence-electron chi connectivity index (χ0n) is 16.1. The molecule has 1 aromatic carbocycles. The van der Waals surface area contributed by atoms with Crippen molar-refractivity contribution in [3.05, 3.63) is 46.7 Å². The van der Waals surface area contributed by atoms with Crippen molar-refractivity contribution in [3.8, 4) is 5.75 Å². The predicted octanol–water partition coefficient (Wildman–Crippen LogP) is 2.65. The summed E-state index contributed by atoms with van der Waals surface area (Å²) >= 11 is 5.92. The van der Waals surface area contributed by atoms with Crippen LogP contribution in [0.5, 0.6) is 5.75 Å². The van der Waals surface area contributed by atoms with Crippen LogP contribution in [-0.4, -0.2) is 45.7 Å². The molecule has 0 bridgehead atoms. The van der Waals surface area contributed by atoms with Gasteiger partial charge in [-0.25, -0.2) is 0 Å². The van der Waals surface area contributed by atoms with Gasteiger partial charge < -0.3 is 15.4 Å². The third-order valence-electron chi connectivity index (χ3n) is 5.02. The van der Waals surface area contributed by atoms with Gasteiger partial charge in [-0.15, -0.1) is 0 Å². The molecule has 1 fully saturated rings. The Morgan fingerprint density at radius 3 is 2.64 bits per heavy atom. The van der Waals surface area contributed by atoms with Crippen LogP contribution >= 0.6 is 11.6 Å². The number of piperidine rings is 1. The Morgan fingerprint density at radius 1 is 1.32 bits per heavy atom. The molecule has 8 heteroatoms. The van der Waals surface area contributed by atoms with Crippen molar-refractivity contribution in [2.45, 2.75) is 39.3 Å². The highest BCUT2D eigenvalue weighted by Crippen LogP contribution is 2.27. The summed E-state index contributed by atoms with van der Waals surface area (Å²) in [4.78, 5) is 26.3. The van der Waals surface area contributed by atoms with E-state index in [9.17, 15) is 9.59 Å². The number of nitrogens with two attached hydrogens (primary N) is 1. The number of aryl methyl sites for hydroxylation is 2. The highest BCUT2D eigenvalue weighted by Gasteiger charge is 2.35. The maximum atomic E-state index is 13.0. The number of aromatic nitrogens is 2. The van der Waals surface area contributed by atoms with Gasteiger partial charge in [0.2, 0.25) is 5.91 Å². The van der Waals surface area contributed by atoms with E-state index < -0.39 is 5.91 Å². The fraction of sp³-hybridized carbons (Fsp3) is 0.450. The number of amides is 2. The van der Waals surface area contributed by atoms with Gasteiger partial charge in [-0.3, -0.25) is 14.3 Å². The van der Waals surface area contributed by atoms with E-state index in [-0.39, 0.29) is 24.3 Å². The predicted molar refractivity (Wildman–Crippen MR) is 106 cm³/mol. The van der Waals surface area contributed by atoms with Crippen LogP contribution in [0.25, 0.3) is 0 Å². The molecule has 28 heavy (non-hydrogen) atoms. The van der Waals surface area contributed by atoms with E-state index in [0.29, 0.717) is 48.1 Å². The number of ether oxygens (including phenoxy) is 1. The monoisotopic (exact) mass is 404 g/mol. The fourth-order valence-electron chi connectivity index (χ4n) is 3.55. The number of benzene rings is 1. The van der Waals surface area contributed by atoms with Crippen LogP contribution in [0.15, 0.2) is 30.5 Å². The molecule has 150 valence electrons. The minimum absolute atomic E-state index is 0.0726. The van der Waals surface area contributed by atoms with Crippen molar-refractivity contribution in [1.29, 1.82) is 0 Å². The maximum absolute atomic E-state index is 13.0. The number of hydrogen-bond acceptors (Lipinski definition) is 4. The van der Waals surface area contributed by atoms with Crippen molar-refractivity contribution < 1.29 is 14.3 Å². The second-order valence-corrected chi connectivity index (χ2v) is 7.50. The first-order valence-electron chi connectivity index (χ1n) is 9.41. The van der Waals surface area contributed by atoms with Crippen molar-refractivity contribution >= 4 is 23.4 Å². The van der Waals surface area contributed by atoms with Gasteiger partial charge in [0.05, 0.1) is 11.3 Å². The van der Waals surface area contributed by atoms with Crippen LogP contribution in [0.4, 0.5) is 0 Å². The normalized spacial score (nSPS) is 19.5. The first-order valence-corrected chi connectivity index (χ1v) is 9.79. The molecule has 0 radical (unpaired) electrons. The van der Waals surface area contributed by atoms with Gasteiger partial charge in [-0.05, 0) is 38.1 Å². The third-order valence-corrected chi connectivity index (χ3v) is 5.27. The van der Waals surface area contributed by atoms with Gasteiger partial charge in [0.25, 0.3) is 5.91 Å². The van der Waals surface area contributed by atoms with Crippen LogP contribution in [0.1, 0.15) is 35.8 Å². The van der Waals surface area contributed by atoms with E-state index in [2.05, 4.69) is 5.10 Å².